The van der Waals surface area contributed by atoms with Gasteiger partial charge in [-0.25, -0.2) is 4.79 Å². The summed E-state index contributed by atoms with van der Waals surface area (Å²) in [6.07, 6.45) is -4.74. The molecule has 1 amide bonds. The van der Waals surface area contributed by atoms with E-state index in [1.165, 1.54) is 12.1 Å². The predicted molar refractivity (Wildman–Crippen MR) is 112 cm³/mol. The molecule has 4 nitrogen and oxygen atoms in total. The molecular weight excluding hydrogens is 393 g/mol. The fourth-order valence-electron chi connectivity index (χ4n) is 3.10. The Kier molecular flexibility index (Phi) is 7.18. The van der Waals surface area contributed by atoms with Gasteiger partial charge in [0.1, 0.15) is 0 Å². The fraction of sp³-hybridized carbons (Fsp3) is 0.435. The third-order valence-corrected chi connectivity index (χ3v) is 5.67. The summed E-state index contributed by atoms with van der Waals surface area (Å²) in [6, 6.07) is 12.7. The minimum absolute atomic E-state index is 0.240. The number of nitrogens with one attached hydrogen (secondary N) is 2. The molecule has 164 valence electrons. The van der Waals surface area contributed by atoms with Crippen molar-refractivity contribution in [2.75, 3.05) is 6.54 Å². The topological polar surface area (TPSA) is 61.4 Å². The highest BCUT2D eigenvalue weighted by atomic mass is 19.4. The molecule has 30 heavy (non-hydrogen) atoms. The molecule has 0 fully saturated rings. The van der Waals surface area contributed by atoms with Crippen LogP contribution in [-0.4, -0.2) is 23.3 Å². The van der Waals surface area contributed by atoms with E-state index in [0.29, 0.717) is 19.5 Å². The van der Waals surface area contributed by atoms with Crippen LogP contribution in [0.15, 0.2) is 48.5 Å². The van der Waals surface area contributed by atoms with Gasteiger partial charge in [-0.2, -0.15) is 13.2 Å². The van der Waals surface area contributed by atoms with Gasteiger partial charge < -0.3 is 15.7 Å². The Morgan fingerprint density at radius 1 is 0.900 bits per heavy atom. The molecule has 2 rings (SSSR count). The van der Waals surface area contributed by atoms with Gasteiger partial charge in [0.25, 0.3) is 0 Å². The highest BCUT2D eigenvalue weighted by molar-refractivity contribution is 5.66. The minimum Gasteiger partial charge on any atom is -0.465 e. The van der Waals surface area contributed by atoms with Gasteiger partial charge in [-0.3, -0.25) is 0 Å². The van der Waals surface area contributed by atoms with Crippen molar-refractivity contribution in [3.05, 3.63) is 59.7 Å². The smallest absolute Gasteiger partial charge is 0.416 e. The summed E-state index contributed by atoms with van der Waals surface area (Å²) in [5, 5.41) is 15.1. The minimum atomic E-state index is -4.34. The van der Waals surface area contributed by atoms with Gasteiger partial charge in [-0.15, -0.1) is 0 Å². The number of carboxylic acid groups (broad SMARTS) is 1. The Labute approximate surface area is 175 Å². The SMILES string of the molecule is CC(C)(C)C(C)(CCNCc1ccc(-c2ccc(C(F)(F)F)cc2)cc1)NC(=O)O. The Morgan fingerprint density at radius 2 is 1.40 bits per heavy atom. The zero-order valence-corrected chi connectivity index (χ0v) is 17.7. The van der Waals surface area contributed by atoms with Crippen LogP contribution in [0.2, 0.25) is 0 Å². The lowest BCUT2D eigenvalue weighted by Gasteiger charge is -2.42. The van der Waals surface area contributed by atoms with Crippen molar-refractivity contribution in [2.24, 2.45) is 5.41 Å². The molecule has 2 aromatic rings. The maximum absolute atomic E-state index is 12.7. The highest BCUT2D eigenvalue weighted by Gasteiger charge is 2.38. The molecule has 7 heteroatoms. The second-order valence-corrected chi connectivity index (χ2v) is 8.71. The van der Waals surface area contributed by atoms with Gasteiger partial charge in [-0.1, -0.05) is 57.2 Å². The van der Waals surface area contributed by atoms with Crippen LogP contribution < -0.4 is 10.6 Å². The maximum atomic E-state index is 12.7. The van der Waals surface area contributed by atoms with Crippen LogP contribution in [0.1, 0.15) is 45.2 Å². The van der Waals surface area contributed by atoms with E-state index in [4.69, 9.17) is 5.11 Å². The number of rotatable bonds is 7. The van der Waals surface area contributed by atoms with E-state index in [1.807, 2.05) is 52.0 Å². The Hall–Kier alpha value is -2.54. The Morgan fingerprint density at radius 3 is 1.83 bits per heavy atom. The van der Waals surface area contributed by atoms with Crippen LogP contribution >= 0.6 is 0 Å². The predicted octanol–water partition coefficient (Wildman–Crippen LogP) is 5.92. The summed E-state index contributed by atoms with van der Waals surface area (Å²) >= 11 is 0. The van der Waals surface area contributed by atoms with Gasteiger partial charge in [-0.05, 0) is 54.1 Å². The van der Waals surface area contributed by atoms with Crippen molar-refractivity contribution in [3.63, 3.8) is 0 Å². The second kappa shape index (κ2) is 9.08. The van der Waals surface area contributed by atoms with Gasteiger partial charge in [0.15, 0.2) is 0 Å². The zero-order valence-electron chi connectivity index (χ0n) is 17.7. The molecule has 1 atom stereocenters. The van der Waals surface area contributed by atoms with Crippen LogP contribution in [-0.2, 0) is 12.7 Å². The van der Waals surface area contributed by atoms with Crippen molar-refractivity contribution < 1.29 is 23.1 Å². The quantitative estimate of drug-likeness (QED) is 0.485. The number of halogens is 3. The third-order valence-electron chi connectivity index (χ3n) is 5.67. The largest absolute Gasteiger partial charge is 0.465 e. The molecule has 0 heterocycles. The van der Waals surface area contributed by atoms with E-state index in [1.54, 1.807) is 0 Å². The molecule has 3 N–H and O–H groups in total. The fourth-order valence-corrected chi connectivity index (χ4v) is 3.10. The standard InChI is InChI=1S/C23H29F3N2O2/c1-21(2,3)22(4,28-20(29)30)13-14-27-15-16-5-7-17(8-6-16)18-9-11-19(12-10-18)23(24,25)26/h5-12,27-28H,13-15H2,1-4H3,(H,29,30). The van der Waals surface area contributed by atoms with Crippen LogP contribution in [0.3, 0.4) is 0 Å². The van der Waals surface area contributed by atoms with Crippen LogP contribution in [0.5, 0.6) is 0 Å². The van der Waals surface area contributed by atoms with Crippen molar-refractivity contribution in [1.29, 1.82) is 0 Å². The van der Waals surface area contributed by atoms with E-state index < -0.39 is 23.4 Å². The molecule has 0 saturated heterocycles. The Bertz CT molecular complexity index is 841. The highest BCUT2D eigenvalue weighted by Crippen LogP contribution is 2.33. The van der Waals surface area contributed by atoms with E-state index in [2.05, 4.69) is 10.6 Å². The number of alkyl halides is 3. The molecule has 0 aliphatic rings. The summed E-state index contributed by atoms with van der Waals surface area (Å²) in [6.45, 7) is 9.16. The first-order valence-electron chi connectivity index (χ1n) is 9.80. The van der Waals surface area contributed by atoms with Gasteiger partial charge >= 0.3 is 12.3 Å². The van der Waals surface area contributed by atoms with Crippen LogP contribution in [0, 0.1) is 5.41 Å². The maximum Gasteiger partial charge on any atom is 0.416 e. The summed E-state index contributed by atoms with van der Waals surface area (Å²) in [4.78, 5) is 11.1. The molecule has 1 unspecified atom stereocenters. The first-order valence-corrected chi connectivity index (χ1v) is 9.80. The van der Waals surface area contributed by atoms with Crippen molar-refractivity contribution in [1.82, 2.24) is 10.6 Å². The van der Waals surface area contributed by atoms with Gasteiger partial charge in [0, 0.05) is 12.1 Å². The van der Waals surface area contributed by atoms with E-state index in [-0.39, 0.29) is 5.41 Å². The van der Waals surface area contributed by atoms with Crippen LogP contribution in [0.4, 0.5) is 18.0 Å². The summed E-state index contributed by atoms with van der Waals surface area (Å²) in [7, 11) is 0. The molecule has 0 bridgehead atoms. The van der Waals surface area contributed by atoms with Crippen molar-refractivity contribution >= 4 is 6.09 Å². The van der Waals surface area contributed by atoms with Crippen molar-refractivity contribution in [2.45, 2.75) is 52.4 Å². The summed E-state index contributed by atoms with van der Waals surface area (Å²) in [5.41, 5.74) is 1.14. The molecule has 0 aliphatic heterocycles. The average molecular weight is 422 g/mol. The monoisotopic (exact) mass is 422 g/mol. The normalized spacial score (nSPS) is 14.2. The molecule has 0 aromatic heterocycles. The molecule has 0 radical (unpaired) electrons. The number of benzene rings is 2. The number of hydrogen-bond acceptors (Lipinski definition) is 2. The molecular formula is C23H29F3N2O2. The number of hydrogen-bond donors (Lipinski definition) is 3. The van der Waals surface area contributed by atoms with Gasteiger partial charge in [0.2, 0.25) is 0 Å². The lowest BCUT2D eigenvalue weighted by Crippen LogP contribution is -2.55. The molecule has 0 aliphatic carbocycles. The van der Waals surface area contributed by atoms with Gasteiger partial charge in [0.05, 0.1) is 5.56 Å². The molecule has 0 spiro atoms. The first-order chi connectivity index (χ1) is 13.8. The Balaban J connectivity index is 1.93. The second-order valence-electron chi connectivity index (χ2n) is 8.71. The summed E-state index contributed by atoms with van der Waals surface area (Å²) < 4.78 is 38.1. The van der Waals surface area contributed by atoms with E-state index >= 15 is 0 Å². The number of amides is 1. The van der Waals surface area contributed by atoms with E-state index in [0.717, 1.165) is 28.8 Å². The molecule has 0 saturated carbocycles. The van der Waals surface area contributed by atoms with E-state index in [9.17, 15) is 18.0 Å². The average Bonchev–Trinajstić information content (AvgIpc) is 2.64. The summed E-state index contributed by atoms with van der Waals surface area (Å²) in [5.74, 6) is 0. The van der Waals surface area contributed by atoms with Crippen LogP contribution in [0.25, 0.3) is 11.1 Å². The zero-order chi connectivity index (χ0) is 22.6. The lowest BCUT2D eigenvalue weighted by molar-refractivity contribution is -0.137. The number of carbonyl (C=O) groups is 1. The first kappa shape index (κ1) is 23.7. The lowest BCUT2D eigenvalue weighted by atomic mass is 9.73. The van der Waals surface area contributed by atoms with Crippen molar-refractivity contribution in [3.8, 4) is 11.1 Å². The third kappa shape index (κ3) is 6.23. The molecule has 2 aromatic carbocycles.